The van der Waals surface area contributed by atoms with Crippen molar-refractivity contribution < 1.29 is 22.4 Å². The van der Waals surface area contributed by atoms with Crippen LogP contribution < -0.4 is 10.6 Å². The highest BCUT2D eigenvalue weighted by Gasteiger charge is 2.30. The largest absolute Gasteiger partial charge is 0.415 e. The summed E-state index contributed by atoms with van der Waals surface area (Å²) in [5.41, 5.74) is 1.01. The van der Waals surface area contributed by atoms with E-state index in [4.69, 9.17) is 4.42 Å². The van der Waals surface area contributed by atoms with Crippen LogP contribution in [-0.4, -0.2) is 32.6 Å². The molecule has 3 aromatic rings. The van der Waals surface area contributed by atoms with Crippen molar-refractivity contribution in [2.75, 3.05) is 11.9 Å². The van der Waals surface area contributed by atoms with E-state index in [0.29, 0.717) is 0 Å². The first-order valence-electron chi connectivity index (χ1n) is 9.23. The molecule has 2 N–H and O–H groups in total. The number of carbonyl (C=O) groups is 1. The Labute approximate surface area is 176 Å². The third-order valence-corrected chi connectivity index (χ3v) is 4.53. The van der Waals surface area contributed by atoms with Crippen LogP contribution in [0.15, 0.2) is 41.1 Å². The van der Waals surface area contributed by atoms with E-state index in [1.54, 1.807) is 12.1 Å². The average molecular weight is 434 g/mol. The van der Waals surface area contributed by atoms with Crippen LogP contribution in [0.1, 0.15) is 44.2 Å². The van der Waals surface area contributed by atoms with Crippen LogP contribution in [0.25, 0.3) is 11.5 Å². The van der Waals surface area contributed by atoms with Gasteiger partial charge in [0.2, 0.25) is 11.9 Å². The number of amides is 1. The van der Waals surface area contributed by atoms with Crippen molar-refractivity contribution in [3.05, 3.63) is 53.9 Å². The molecule has 8 nitrogen and oxygen atoms in total. The number of aromatic nitrogens is 4. The second-order valence-electron chi connectivity index (χ2n) is 6.81. The summed E-state index contributed by atoms with van der Waals surface area (Å²) in [7, 11) is 0. The SMILES string of the molecule is C.O=C(NCC(Nc1ncc(-c2nnc(C(F)F)o2)cn1)c1ccc(F)cc1)C1CC1. The number of anilines is 1. The topological polar surface area (TPSA) is 106 Å². The Morgan fingerprint density at radius 1 is 1.13 bits per heavy atom. The van der Waals surface area contributed by atoms with Crippen molar-refractivity contribution in [2.45, 2.75) is 32.7 Å². The van der Waals surface area contributed by atoms with Crippen molar-refractivity contribution in [3.8, 4) is 11.5 Å². The van der Waals surface area contributed by atoms with Gasteiger partial charge in [-0.3, -0.25) is 4.79 Å². The van der Waals surface area contributed by atoms with E-state index in [-0.39, 0.29) is 49.0 Å². The van der Waals surface area contributed by atoms with E-state index in [9.17, 15) is 18.0 Å². The third kappa shape index (κ3) is 5.56. The fourth-order valence-electron chi connectivity index (χ4n) is 2.75. The second kappa shape index (κ2) is 9.54. The summed E-state index contributed by atoms with van der Waals surface area (Å²) in [6.07, 6.45) is 1.60. The lowest BCUT2D eigenvalue weighted by Gasteiger charge is -2.20. The standard InChI is InChI=1S/C19H17F3N6O2.CH4/c20-13-5-3-10(4-6-13)14(9-23-16(29)11-1-2-11)26-19-24-7-12(8-25-19)17-27-28-18(30-17)15(21)22;/h3-8,11,14-15H,1-2,9H2,(H,23,29)(H,24,25,26);1H4. The van der Waals surface area contributed by atoms with Gasteiger partial charge in [-0.15, -0.1) is 10.2 Å². The average Bonchev–Trinajstić information content (AvgIpc) is 3.48. The molecule has 1 fully saturated rings. The summed E-state index contributed by atoms with van der Waals surface area (Å²) in [4.78, 5) is 20.3. The summed E-state index contributed by atoms with van der Waals surface area (Å²) in [6, 6.07) is 5.46. The number of nitrogens with one attached hydrogen (secondary N) is 2. The van der Waals surface area contributed by atoms with E-state index < -0.39 is 18.4 Å². The molecule has 0 spiro atoms. The van der Waals surface area contributed by atoms with Crippen molar-refractivity contribution in [2.24, 2.45) is 5.92 Å². The molecule has 4 rings (SSSR count). The molecule has 1 unspecified atom stereocenters. The van der Waals surface area contributed by atoms with Crippen LogP contribution >= 0.6 is 0 Å². The zero-order valence-electron chi connectivity index (χ0n) is 15.6. The summed E-state index contributed by atoms with van der Waals surface area (Å²) in [5, 5.41) is 12.8. The molecule has 1 aliphatic carbocycles. The van der Waals surface area contributed by atoms with E-state index in [1.165, 1.54) is 24.5 Å². The van der Waals surface area contributed by atoms with E-state index in [1.807, 2.05) is 0 Å². The molecule has 0 radical (unpaired) electrons. The Kier molecular flexibility index (Phi) is 6.83. The number of nitrogens with zero attached hydrogens (tertiary/aromatic N) is 4. The second-order valence-corrected chi connectivity index (χ2v) is 6.81. The fraction of sp³-hybridized carbons (Fsp3) is 0.350. The molecule has 1 aromatic carbocycles. The lowest BCUT2D eigenvalue weighted by atomic mass is 10.1. The van der Waals surface area contributed by atoms with Gasteiger partial charge in [-0.1, -0.05) is 19.6 Å². The Morgan fingerprint density at radius 3 is 2.39 bits per heavy atom. The maximum atomic E-state index is 13.3. The molecule has 11 heteroatoms. The van der Waals surface area contributed by atoms with Gasteiger partial charge in [-0.25, -0.2) is 14.4 Å². The molecule has 1 aliphatic rings. The smallest absolute Gasteiger partial charge is 0.314 e. The summed E-state index contributed by atoms with van der Waals surface area (Å²) < 4.78 is 43.3. The van der Waals surface area contributed by atoms with Crippen LogP contribution in [0.5, 0.6) is 0 Å². The molecule has 164 valence electrons. The van der Waals surface area contributed by atoms with Gasteiger partial charge in [0.05, 0.1) is 11.6 Å². The summed E-state index contributed by atoms with van der Waals surface area (Å²) in [5.74, 6) is -1.02. The van der Waals surface area contributed by atoms with Crippen LogP contribution in [0.4, 0.5) is 19.1 Å². The first kappa shape index (κ1) is 22.2. The molecular weight excluding hydrogens is 413 g/mol. The van der Waals surface area contributed by atoms with E-state index >= 15 is 0 Å². The number of hydrogen-bond donors (Lipinski definition) is 2. The van der Waals surface area contributed by atoms with E-state index in [2.05, 4.69) is 30.8 Å². The van der Waals surface area contributed by atoms with Crippen LogP contribution in [0, 0.1) is 11.7 Å². The van der Waals surface area contributed by atoms with Gasteiger partial charge in [0, 0.05) is 24.9 Å². The number of alkyl halides is 2. The normalized spacial score (nSPS) is 14.1. The van der Waals surface area contributed by atoms with Crippen molar-refractivity contribution in [1.29, 1.82) is 0 Å². The predicted octanol–water partition coefficient (Wildman–Crippen LogP) is 3.92. The molecule has 1 atom stereocenters. The Morgan fingerprint density at radius 2 is 1.81 bits per heavy atom. The highest BCUT2D eigenvalue weighted by Crippen LogP contribution is 2.29. The minimum atomic E-state index is -2.87. The molecule has 2 heterocycles. The van der Waals surface area contributed by atoms with Gasteiger partial charge in [0.1, 0.15) is 5.82 Å². The molecule has 1 amide bonds. The van der Waals surface area contributed by atoms with Gasteiger partial charge in [0.25, 0.3) is 11.8 Å². The monoisotopic (exact) mass is 434 g/mol. The highest BCUT2D eigenvalue weighted by molar-refractivity contribution is 5.80. The zero-order valence-corrected chi connectivity index (χ0v) is 15.6. The first-order valence-corrected chi connectivity index (χ1v) is 9.23. The fourth-order valence-corrected chi connectivity index (χ4v) is 2.75. The summed E-state index contributed by atoms with van der Waals surface area (Å²) in [6.45, 7) is 0.257. The quantitative estimate of drug-likeness (QED) is 0.554. The van der Waals surface area contributed by atoms with Crippen LogP contribution in [-0.2, 0) is 4.79 Å². The third-order valence-electron chi connectivity index (χ3n) is 4.53. The number of carbonyl (C=O) groups excluding carboxylic acids is 1. The number of halogens is 3. The number of rotatable bonds is 8. The van der Waals surface area contributed by atoms with Gasteiger partial charge in [-0.2, -0.15) is 8.78 Å². The van der Waals surface area contributed by atoms with Gasteiger partial charge in [0.15, 0.2) is 0 Å². The van der Waals surface area contributed by atoms with Crippen LogP contribution in [0.3, 0.4) is 0 Å². The maximum absolute atomic E-state index is 13.3. The molecule has 2 aromatic heterocycles. The minimum Gasteiger partial charge on any atom is -0.415 e. The highest BCUT2D eigenvalue weighted by atomic mass is 19.3. The van der Waals surface area contributed by atoms with Gasteiger partial charge < -0.3 is 15.1 Å². The van der Waals surface area contributed by atoms with Gasteiger partial charge in [-0.05, 0) is 30.5 Å². The first-order chi connectivity index (χ1) is 14.5. The molecule has 0 bridgehead atoms. The Bertz CT molecular complexity index is 1010. The lowest BCUT2D eigenvalue weighted by Crippen LogP contribution is -2.32. The lowest BCUT2D eigenvalue weighted by molar-refractivity contribution is -0.122. The Balaban J connectivity index is 0.00000272. The molecule has 31 heavy (non-hydrogen) atoms. The van der Waals surface area contributed by atoms with Crippen LogP contribution in [0.2, 0.25) is 0 Å². The van der Waals surface area contributed by atoms with Crippen molar-refractivity contribution in [3.63, 3.8) is 0 Å². The Hall–Kier alpha value is -3.50. The van der Waals surface area contributed by atoms with Crippen molar-refractivity contribution in [1.82, 2.24) is 25.5 Å². The van der Waals surface area contributed by atoms with Crippen molar-refractivity contribution >= 4 is 11.9 Å². The molecular formula is C20H21F3N6O2. The predicted molar refractivity (Wildman–Crippen MR) is 106 cm³/mol. The van der Waals surface area contributed by atoms with E-state index in [0.717, 1.165) is 18.4 Å². The zero-order chi connectivity index (χ0) is 21.1. The molecule has 0 aliphatic heterocycles. The van der Waals surface area contributed by atoms with Gasteiger partial charge >= 0.3 is 6.43 Å². The molecule has 1 saturated carbocycles. The number of hydrogen-bond acceptors (Lipinski definition) is 7. The maximum Gasteiger partial charge on any atom is 0.314 e. The molecule has 0 saturated heterocycles. The summed E-state index contributed by atoms with van der Waals surface area (Å²) >= 11 is 0. The number of benzene rings is 1. The minimum absolute atomic E-state index is 0.